The molecule has 0 radical (unpaired) electrons. The van der Waals surface area contributed by atoms with Crippen molar-refractivity contribution in [2.75, 3.05) is 18.7 Å². The second-order valence-corrected chi connectivity index (χ2v) is 8.39. The van der Waals surface area contributed by atoms with Crippen molar-refractivity contribution >= 4 is 17.6 Å². The molecule has 11 heteroatoms. The number of hydroxylamine groups is 1. The van der Waals surface area contributed by atoms with Crippen molar-refractivity contribution in [3.63, 3.8) is 0 Å². The summed E-state index contributed by atoms with van der Waals surface area (Å²) in [7, 11) is 3.49. The number of nitrogens with zero attached hydrogens (tertiary/aromatic N) is 6. The first kappa shape index (κ1) is 23.1. The molecule has 0 saturated carbocycles. The number of likely N-dealkylation sites (tertiary alicyclic amines) is 1. The monoisotopic (exact) mass is 488 g/mol. The Balaban J connectivity index is 1.38. The number of aromatic nitrogens is 4. The minimum Gasteiger partial charge on any atom is -0.481 e. The molecule has 0 spiro atoms. The summed E-state index contributed by atoms with van der Waals surface area (Å²) >= 11 is 0. The first-order chi connectivity index (χ1) is 17.4. The number of benzene rings is 2. The molecule has 0 aliphatic carbocycles. The Bertz CT molecular complexity index is 1400. The second kappa shape index (κ2) is 9.53. The molecule has 1 aliphatic rings. The van der Waals surface area contributed by atoms with Gasteiger partial charge in [0.1, 0.15) is 5.75 Å². The van der Waals surface area contributed by atoms with Crippen LogP contribution in [0.4, 0.5) is 5.82 Å². The van der Waals surface area contributed by atoms with E-state index in [1.165, 1.54) is 0 Å². The molecular weight excluding hydrogens is 464 g/mol. The van der Waals surface area contributed by atoms with Crippen LogP contribution >= 0.6 is 0 Å². The zero-order valence-corrected chi connectivity index (χ0v) is 20.0. The Morgan fingerprint density at radius 1 is 1.11 bits per heavy atom. The molecule has 2 amide bonds. The van der Waals surface area contributed by atoms with Crippen LogP contribution in [0.25, 0.3) is 11.5 Å². The lowest BCUT2D eigenvalue weighted by atomic mass is 10.2. The van der Waals surface area contributed by atoms with Crippen molar-refractivity contribution < 1.29 is 23.7 Å². The topological polar surface area (TPSA) is 116 Å². The van der Waals surface area contributed by atoms with Gasteiger partial charge in [0.05, 0.1) is 0 Å². The van der Waals surface area contributed by atoms with E-state index in [1.54, 1.807) is 91.4 Å². The SMILES string of the molecule is Cc1noc(-c2ccc(ON(C(=O)c3cccc(OC4CCN(C)C4=O)c3)c3ccn(C)n3)cc2)n1. The summed E-state index contributed by atoms with van der Waals surface area (Å²) in [6.45, 7) is 2.37. The van der Waals surface area contributed by atoms with Crippen molar-refractivity contribution in [2.45, 2.75) is 19.4 Å². The average Bonchev–Trinajstić information content (AvgIpc) is 3.60. The number of ether oxygens (including phenoxy) is 1. The lowest BCUT2D eigenvalue weighted by Crippen LogP contribution is -2.35. The number of likely N-dealkylation sites (N-methyl/N-ethyl adjacent to an activating group) is 1. The first-order valence-electron chi connectivity index (χ1n) is 11.3. The Hall–Kier alpha value is -4.67. The van der Waals surface area contributed by atoms with Gasteiger partial charge in [-0.25, -0.2) is 0 Å². The highest BCUT2D eigenvalue weighted by atomic mass is 16.7. The van der Waals surface area contributed by atoms with Crippen molar-refractivity contribution in [3.8, 4) is 23.0 Å². The Kier molecular flexibility index (Phi) is 6.11. The fourth-order valence-corrected chi connectivity index (χ4v) is 3.77. The summed E-state index contributed by atoms with van der Waals surface area (Å²) in [5.74, 6) is 1.52. The van der Waals surface area contributed by atoms with E-state index in [0.29, 0.717) is 47.6 Å². The van der Waals surface area contributed by atoms with Crippen LogP contribution in [0.1, 0.15) is 22.6 Å². The van der Waals surface area contributed by atoms with Crippen molar-refractivity contribution in [1.82, 2.24) is 24.8 Å². The predicted molar refractivity (Wildman–Crippen MR) is 128 cm³/mol. The highest BCUT2D eigenvalue weighted by Crippen LogP contribution is 2.25. The minimum atomic E-state index is -0.565. The van der Waals surface area contributed by atoms with Crippen LogP contribution < -0.4 is 14.6 Å². The van der Waals surface area contributed by atoms with Crippen LogP contribution in [0, 0.1) is 6.92 Å². The van der Waals surface area contributed by atoms with Gasteiger partial charge in [-0.15, -0.1) is 5.06 Å². The van der Waals surface area contributed by atoms with E-state index in [4.69, 9.17) is 14.1 Å². The molecule has 0 N–H and O–H groups in total. The lowest BCUT2D eigenvalue weighted by Gasteiger charge is -2.21. The highest BCUT2D eigenvalue weighted by molar-refractivity contribution is 6.04. The Morgan fingerprint density at radius 2 is 1.92 bits per heavy atom. The third kappa shape index (κ3) is 4.76. The van der Waals surface area contributed by atoms with E-state index in [2.05, 4.69) is 15.2 Å². The third-order valence-corrected chi connectivity index (χ3v) is 5.66. The van der Waals surface area contributed by atoms with Crippen molar-refractivity contribution in [3.05, 3.63) is 72.2 Å². The zero-order chi connectivity index (χ0) is 25.2. The van der Waals surface area contributed by atoms with Gasteiger partial charge in [-0.2, -0.15) is 10.1 Å². The number of carbonyl (C=O) groups is 2. The highest BCUT2D eigenvalue weighted by Gasteiger charge is 2.31. The summed E-state index contributed by atoms with van der Waals surface area (Å²) in [4.78, 5) is 37.6. The van der Waals surface area contributed by atoms with E-state index in [-0.39, 0.29) is 5.91 Å². The summed E-state index contributed by atoms with van der Waals surface area (Å²) in [6, 6.07) is 15.2. The normalized spacial score (nSPS) is 15.2. The smallest absolute Gasteiger partial charge is 0.292 e. The van der Waals surface area contributed by atoms with Gasteiger partial charge in [-0.3, -0.25) is 14.3 Å². The largest absolute Gasteiger partial charge is 0.481 e. The molecule has 1 aliphatic heterocycles. The molecule has 4 aromatic rings. The third-order valence-electron chi connectivity index (χ3n) is 5.66. The molecular formula is C25H24N6O5. The number of carbonyl (C=O) groups excluding carboxylic acids is 2. The molecule has 1 saturated heterocycles. The molecule has 2 aromatic carbocycles. The molecule has 3 heterocycles. The van der Waals surface area contributed by atoms with E-state index < -0.39 is 12.0 Å². The maximum atomic E-state index is 13.5. The average molecular weight is 489 g/mol. The van der Waals surface area contributed by atoms with E-state index in [0.717, 1.165) is 10.6 Å². The van der Waals surface area contributed by atoms with Crippen molar-refractivity contribution in [1.29, 1.82) is 0 Å². The summed E-state index contributed by atoms with van der Waals surface area (Å²) in [5, 5.41) is 9.24. The second-order valence-electron chi connectivity index (χ2n) is 8.39. The van der Waals surface area contributed by atoms with Gasteiger partial charge < -0.3 is 19.0 Å². The van der Waals surface area contributed by atoms with Crippen LogP contribution in [-0.4, -0.2) is 56.3 Å². The molecule has 5 rings (SSSR count). The molecule has 0 bridgehead atoms. The Labute approximate surface area is 206 Å². The van der Waals surface area contributed by atoms with Crippen LogP contribution in [0.2, 0.25) is 0 Å². The van der Waals surface area contributed by atoms with Gasteiger partial charge in [-0.1, -0.05) is 11.2 Å². The molecule has 184 valence electrons. The molecule has 1 atom stereocenters. The minimum absolute atomic E-state index is 0.0793. The van der Waals surface area contributed by atoms with Gasteiger partial charge >= 0.3 is 0 Å². The fraction of sp³-hybridized carbons (Fsp3) is 0.240. The maximum Gasteiger partial charge on any atom is 0.292 e. The van der Waals surface area contributed by atoms with E-state index in [9.17, 15) is 9.59 Å². The fourth-order valence-electron chi connectivity index (χ4n) is 3.77. The zero-order valence-electron chi connectivity index (χ0n) is 20.0. The molecule has 11 nitrogen and oxygen atoms in total. The van der Waals surface area contributed by atoms with Gasteiger partial charge in [-0.05, 0) is 49.4 Å². The van der Waals surface area contributed by atoms with Gasteiger partial charge in [0.2, 0.25) is 0 Å². The lowest BCUT2D eigenvalue weighted by molar-refractivity contribution is -0.132. The summed E-state index contributed by atoms with van der Waals surface area (Å²) in [6.07, 6.45) is 1.74. The van der Waals surface area contributed by atoms with Crippen molar-refractivity contribution in [2.24, 2.45) is 7.05 Å². The van der Waals surface area contributed by atoms with E-state index >= 15 is 0 Å². The Morgan fingerprint density at radius 3 is 2.56 bits per heavy atom. The van der Waals surface area contributed by atoms with E-state index in [1.807, 2.05) is 0 Å². The van der Waals surface area contributed by atoms with Gasteiger partial charge in [0.25, 0.3) is 17.7 Å². The maximum absolute atomic E-state index is 13.5. The molecule has 1 unspecified atom stereocenters. The quantitative estimate of drug-likeness (QED) is 0.365. The van der Waals surface area contributed by atoms with Crippen LogP contribution in [0.3, 0.4) is 0 Å². The van der Waals surface area contributed by atoms with Crippen LogP contribution in [0.15, 0.2) is 65.3 Å². The van der Waals surface area contributed by atoms with Crippen LogP contribution in [0.5, 0.6) is 11.5 Å². The molecule has 1 fully saturated rings. The number of anilines is 1. The van der Waals surface area contributed by atoms with Crippen LogP contribution in [-0.2, 0) is 11.8 Å². The first-order valence-corrected chi connectivity index (χ1v) is 11.3. The number of aryl methyl sites for hydroxylation is 2. The van der Waals surface area contributed by atoms with Gasteiger partial charge in [0, 0.05) is 50.5 Å². The number of rotatable bonds is 7. The summed E-state index contributed by atoms with van der Waals surface area (Å²) in [5.41, 5.74) is 1.03. The summed E-state index contributed by atoms with van der Waals surface area (Å²) < 4.78 is 12.6. The predicted octanol–water partition coefficient (Wildman–Crippen LogP) is 3.03. The standard InChI is InChI=1S/C25H24N6O5/c1-16-26-23(35-28-16)17-7-9-19(10-8-17)36-31(22-12-14-30(3)27-22)24(32)18-5-4-6-20(15-18)34-21-11-13-29(2)25(21)33/h4-10,12,14-15,21H,11,13H2,1-3H3. The van der Waals surface area contributed by atoms with Gasteiger partial charge in [0.15, 0.2) is 23.5 Å². The molecule has 36 heavy (non-hydrogen) atoms. The number of hydrogen-bond acceptors (Lipinski definition) is 8. The number of hydrogen-bond donors (Lipinski definition) is 0. The molecule has 2 aromatic heterocycles. The number of amides is 2.